The molecule has 6 heteroatoms. The van der Waals surface area contributed by atoms with Crippen LogP contribution in [0.15, 0.2) is 48.5 Å². The fourth-order valence-corrected chi connectivity index (χ4v) is 2.34. The van der Waals surface area contributed by atoms with Gasteiger partial charge in [-0.05, 0) is 49.2 Å². The number of amides is 2. The van der Waals surface area contributed by atoms with Crippen LogP contribution in [-0.4, -0.2) is 23.7 Å². The lowest BCUT2D eigenvalue weighted by Gasteiger charge is -2.14. The van der Waals surface area contributed by atoms with Gasteiger partial charge in [0.2, 0.25) is 0 Å². The SMILES string of the molecule is CC(C)Nc1cccc(CNC(=O)NCC(O)c2ccc(F)cc2)c1. The topological polar surface area (TPSA) is 73.4 Å². The van der Waals surface area contributed by atoms with E-state index >= 15 is 0 Å². The van der Waals surface area contributed by atoms with Crippen molar-refractivity contribution in [2.45, 2.75) is 32.5 Å². The fourth-order valence-electron chi connectivity index (χ4n) is 2.34. The van der Waals surface area contributed by atoms with Gasteiger partial charge >= 0.3 is 6.03 Å². The zero-order valence-corrected chi connectivity index (χ0v) is 14.4. The Kier molecular flexibility index (Phi) is 6.77. The van der Waals surface area contributed by atoms with Crippen molar-refractivity contribution in [3.63, 3.8) is 0 Å². The van der Waals surface area contributed by atoms with Crippen LogP contribution in [0.1, 0.15) is 31.1 Å². The zero-order valence-electron chi connectivity index (χ0n) is 14.4. The first-order chi connectivity index (χ1) is 11.9. The molecule has 4 N–H and O–H groups in total. The molecule has 0 aliphatic carbocycles. The average Bonchev–Trinajstić information content (AvgIpc) is 2.58. The van der Waals surface area contributed by atoms with Crippen molar-refractivity contribution >= 4 is 11.7 Å². The molecule has 0 heterocycles. The Morgan fingerprint density at radius 3 is 2.52 bits per heavy atom. The number of anilines is 1. The Morgan fingerprint density at radius 1 is 1.12 bits per heavy atom. The summed E-state index contributed by atoms with van der Waals surface area (Å²) >= 11 is 0. The Bertz CT molecular complexity index is 689. The third kappa shape index (κ3) is 6.43. The molecule has 1 atom stereocenters. The molecule has 2 amide bonds. The van der Waals surface area contributed by atoms with Gasteiger partial charge in [0.25, 0.3) is 0 Å². The van der Waals surface area contributed by atoms with Gasteiger partial charge in [0.1, 0.15) is 5.82 Å². The molecule has 0 radical (unpaired) electrons. The van der Waals surface area contributed by atoms with Gasteiger partial charge in [-0.2, -0.15) is 0 Å². The molecule has 5 nitrogen and oxygen atoms in total. The first-order valence-corrected chi connectivity index (χ1v) is 8.24. The second-order valence-corrected chi connectivity index (χ2v) is 6.13. The van der Waals surface area contributed by atoms with Gasteiger partial charge < -0.3 is 21.1 Å². The molecule has 0 aliphatic heterocycles. The standard InChI is InChI=1S/C19H24FN3O2/c1-13(2)23-17-5-3-4-14(10-17)11-21-19(25)22-12-18(24)15-6-8-16(20)9-7-15/h3-10,13,18,23-24H,11-12H2,1-2H3,(H2,21,22,25). The summed E-state index contributed by atoms with van der Waals surface area (Å²) in [5.41, 5.74) is 2.52. The predicted octanol–water partition coefficient (Wildman–Crippen LogP) is 3.18. The lowest BCUT2D eigenvalue weighted by molar-refractivity contribution is 0.173. The van der Waals surface area contributed by atoms with Gasteiger partial charge in [0.15, 0.2) is 0 Å². The van der Waals surface area contributed by atoms with E-state index in [1.807, 2.05) is 24.3 Å². The first-order valence-electron chi connectivity index (χ1n) is 8.24. The summed E-state index contributed by atoms with van der Waals surface area (Å²) < 4.78 is 12.9. The highest BCUT2D eigenvalue weighted by Gasteiger charge is 2.09. The van der Waals surface area contributed by atoms with Crippen molar-refractivity contribution in [1.82, 2.24) is 10.6 Å². The number of rotatable bonds is 7. The van der Waals surface area contributed by atoms with Gasteiger partial charge in [0, 0.05) is 24.8 Å². The molecule has 0 spiro atoms. The van der Waals surface area contributed by atoms with Crippen LogP contribution in [0.5, 0.6) is 0 Å². The Hall–Kier alpha value is -2.60. The van der Waals surface area contributed by atoms with Crippen LogP contribution >= 0.6 is 0 Å². The van der Waals surface area contributed by atoms with Crippen LogP contribution in [0, 0.1) is 5.82 Å². The van der Waals surface area contributed by atoms with E-state index < -0.39 is 6.10 Å². The van der Waals surface area contributed by atoms with Crippen LogP contribution in [0.3, 0.4) is 0 Å². The quantitative estimate of drug-likeness (QED) is 0.623. The van der Waals surface area contributed by atoms with Crippen LogP contribution < -0.4 is 16.0 Å². The van der Waals surface area contributed by atoms with E-state index in [4.69, 9.17) is 0 Å². The number of halogens is 1. The highest BCUT2D eigenvalue weighted by atomic mass is 19.1. The van der Waals surface area contributed by atoms with Crippen molar-refractivity contribution in [3.8, 4) is 0 Å². The molecule has 0 saturated carbocycles. The van der Waals surface area contributed by atoms with E-state index in [1.165, 1.54) is 24.3 Å². The summed E-state index contributed by atoms with van der Waals surface area (Å²) in [4.78, 5) is 11.9. The smallest absolute Gasteiger partial charge is 0.315 e. The molecule has 0 fully saturated rings. The van der Waals surface area contributed by atoms with Crippen molar-refractivity contribution in [2.24, 2.45) is 0 Å². The lowest BCUT2D eigenvalue weighted by Crippen LogP contribution is -2.37. The van der Waals surface area contributed by atoms with E-state index in [2.05, 4.69) is 29.8 Å². The highest BCUT2D eigenvalue weighted by molar-refractivity contribution is 5.73. The molecular formula is C19H24FN3O2. The molecular weight excluding hydrogens is 321 g/mol. The lowest BCUT2D eigenvalue weighted by atomic mass is 10.1. The van der Waals surface area contributed by atoms with Gasteiger partial charge in [-0.25, -0.2) is 9.18 Å². The molecule has 2 rings (SSSR count). The van der Waals surface area contributed by atoms with Gasteiger partial charge in [-0.15, -0.1) is 0 Å². The third-order valence-corrected chi connectivity index (χ3v) is 3.55. The summed E-state index contributed by atoms with van der Waals surface area (Å²) in [6.45, 7) is 4.55. The number of carbonyl (C=O) groups excluding carboxylic acids is 1. The molecule has 134 valence electrons. The summed E-state index contributed by atoms with van der Waals surface area (Å²) in [5.74, 6) is -0.365. The number of benzene rings is 2. The van der Waals surface area contributed by atoms with E-state index in [0.717, 1.165) is 11.3 Å². The normalized spacial score (nSPS) is 11.9. The monoisotopic (exact) mass is 345 g/mol. The van der Waals surface area contributed by atoms with Crippen LogP contribution in [0.2, 0.25) is 0 Å². The molecule has 2 aromatic rings. The maximum Gasteiger partial charge on any atom is 0.315 e. The second kappa shape index (κ2) is 9.03. The summed E-state index contributed by atoms with van der Waals surface area (Å²) in [5, 5.41) is 18.6. The Morgan fingerprint density at radius 2 is 1.84 bits per heavy atom. The number of hydrogen-bond donors (Lipinski definition) is 4. The molecule has 1 unspecified atom stereocenters. The predicted molar refractivity (Wildman–Crippen MR) is 96.8 cm³/mol. The first kappa shape index (κ1) is 18.7. The zero-order chi connectivity index (χ0) is 18.2. The fraction of sp³-hybridized carbons (Fsp3) is 0.316. The van der Waals surface area contributed by atoms with Crippen LogP contribution in [0.25, 0.3) is 0 Å². The van der Waals surface area contributed by atoms with Crippen molar-refractivity contribution < 1.29 is 14.3 Å². The van der Waals surface area contributed by atoms with E-state index in [1.54, 1.807) is 0 Å². The average molecular weight is 345 g/mol. The number of aliphatic hydroxyl groups excluding tert-OH is 1. The molecule has 0 bridgehead atoms. The minimum atomic E-state index is -0.884. The molecule has 0 aromatic heterocycles. The highest BCUT2D eigenvalue weighted by Crippen LogP contribution is 2.13. The van der Waals surface area contributed by atoms with Crippen molar-refractivity contribution in [2.75, 3.05) is 11.9 Å². The number of nitrogens with one attached hydrogen (secondary N) is 3. The van der Waals surface area contributed by atoms with Crippen LogP contribution in [0.4, 0.5) is 14.9 Å². The number of urea groups is 1. The second-order valence-electron chi connectivity index (χ2n) is 6.13. The van der Waals surface area contributed by atoms with Crippen LogP contribution in [-0.2, 0) is 6.54 Å². The third-order valence-electron chi connectivity index (χ3n) is 3.55. The van der Waals surface area contributed by atoms with Gasteiger partial charge in [0.05, 0.1) is 6.10 Å². The Labute approximate surface area is 147 Å². The molecule has 2 aromatic carbocycles. The van der Waals surface area contributed by atoms with E-state index in [9.17, 15) is 14.3 Å². The van der Waals surface area contributed by atoms with E-state index in [0.29, 0.717) is 18.2 Å². The number of hydrogen-bond acceptors (Lipinski definition) is 3. The molecule has 0 aliphatic rings. The molecule has 25 heavy (non-hydrogen) atoms. The minimum Gasteiger partial charge on any atom is -0.387 e. The number of aliphatic hydroxyl groups is 1. The minimum absolute atomic E-state index is 0.0480. The largest absolute Gasteiger partial charge is 0.387 e. The maximum absolute atomic E-state index is 12.9. The Balaban J connectivity index is 1.78. The maximum atomic E-state index is 12.9. The molecule has 0 saturated heterocycles. The number of carbonyl (C=O) groups is 1. The van der Waals surface area contributed by atoms with Crippen molar-refractivity contribution in [3.05, 3.63) is 65.5 Å². The van der Waals surface area contributed by atoms with Crippen molar-refractivity contribution in [1.29, 1.82) is 0 Å². The summed E-state index contributed by atoms with van der Waals surface area (Å²) in [7, 11) is 0. The summed E-state index contributed by atoms with van der Waals surface area (Å²) in [6.07, 6.45) is -0.884. The van der Waals surface area contributed by atoms with Gasteiger partial charge in [-0.3, -0.25) is 0 Å². The van der Waals surface area contributed by atoms with E-state index in [-0.39, 0.29) is 18.4 Å². The summed E-state index contributed by atoms with van der Waals surface area (Å²) in [6, 6.07) is 13.3. The van der Waals surface area contributed by atoms with Gasteiger partial charge in [-0.1, -0.05) is 24.3 Å².